The van der Waals surface area contributed by atoms with Gasteiger partial charge in [0.25, 0.3) is 0 Å². The molecule has 1 saturated heterocycles. The van der Waals surface area contributed by atoms with Gasteiger partial charge in [-0.15, -0.1) is 11.3 Å². The molecule has 3 heterocycles. The summed E-state index contributed by atoms with van der Waals surface area (Å²) in [4.78, 5) is 16.4. The van der Waals surface area contributed by atoms with Crippen LogP contribution in [0.4, 0.5) is 0 Å². The topological polar surface area (TPSA) is 37.3 Å². The number of nitrogens with zero attached hydrogens (tertiary/aromatic N) is 2. The summed E-state index contributed by atoms with van der Waals surface area (Å²) in [6, 6.07) is 23.8. The summed E-state index contributed by atoms with van der Waals surface area (Å²) in [7, 11) is 0. The number of piperidine rings is 1. The third-order valence-corrected chi connectivity index (χ3v) is 7.72. The highest BCUT2D eigenvalue weighted by atomic mass is 32.1. The number of nitrogens with one attached hydrogen (secondary N) is 1. The smallest absolute Gasteiger partial charge is 0.223 e. The molecule has 170 valence electrons. The summed E-state index contributed by atoms with van der Waals surface area (Å²) in [6.45, 7) is 6.57. The van der Waals surface area contributed by atoms with Crippen molar-refractivity contribution in [2.45, 2.75) is 39.4 Å². The first-order valence-corrected chi connectivity index (χ1v) is 12.7. The van der Waals surface area contributed by atoms with Gasteiger partial charge in [0.05, 0.1) is 6.54 Å². The predicted molar refractivity (Wildman–Crippen MR) is 136 cm³/mol. The molecular weight excluding hydrogens is 426 g/mol. The van der Waals surface area contributed by atoms with E-state index in [1.807, 2.05) is 6.07 Å². The highest BCUT2D eigenvalue weighted by Crippen LogP contribution is 2.25. The van der Waals surface area contributed by atoms with Crippen LogP contribution in [0.25, 0.3) is 10.9 Å². The van der Waals surface area contributed by atoms with Crippen molar-refractivity contribution < 1.29 is 4.79 Å². The van der Waals surface area contributed by atoms with Crippen LogP contribution in [0, 0.1) is 12.8 Å². The lowest BCUT2D eigenvalue weighted by Crippen LogP contribution is -2.40. The van der Waals surface area contributed by atoms with Crippen molar-refractivity contribution in [3.05, 3.63) is 93.8 Å². The normalized spacial score (nSPS) is 15.2. The molecule has 1 fully saturated rings. The molecule has 2 aromatic heterocycles. The Labute approximate surface area is 199 Å². The van der Waals surface area contributed by atoms with Crippen molar-refractivity contribution in [2.24, 2.45) is 5.92 Å². The largest absolute Gasteiger partial charge is 0.351 e. The van der Waals surface area contributed by atoms with Gasteiger partial charge >= 0.3 is 0 Å². The molecule has 1 aliphatic heterocycles. The highest BCUT2D eigenvalue weighted by Gasteiger charge is 2.25. The van der Waals surface area contributed by atoms with Gasteiger partial charge in [-0.2, -0.15) is 0 Å². The molecule has 0 unspecified atom stereocenters. The Morgan fingerprint density at radius 3 is 2.58 bits per heavy atom. The minimum atomic E-state index is 0.124. The monoisotopic (exact) mass is 457 g/mol. The van der Waals surface area contributed by atoms with E-state index in [4.69, 9.17) is 0 Å². The zero-order valence-corrected chi connectivity index (χ0v) is 20.0. The maximum Gasteiger partial charge on any atom is 0.223 e. The van der Waals surface area contributed by atoms with Gasteiger partial charge in [-0.3, -0.25) is 9.69 Å². The minimum Gasteiger partial charge on any atom is -0.351 e. The van der Waals surface area contributed by atoms with Crippen LogP contribution in [0.15, 0.2) is 72.1 Å². The molecule has 4 nitrogen and oxygen atoms in total. The number of benzene rings is 2. The number of hydrogen-bond acceptors (Lipinski definition) is 3. The summed E-state index contributed by atoms with van der Waals surface area (Å²) in [5, 5.41) is 6.48. The summed E-state index contributed by atoms with van der Waals surface area (Å²) in [5.74, 6) is 0.329. The second-order valence-corrected chi connectivity index (χ2v) is 10.1. The summed E-state index contributed by atoms with van der Waals surface area (Å²) in [5.41, 5.74) is 5.33. The average Bonchev–Trinajstić information content (AvgIpc) is 3.48. The highest BCUT2D eigenvalue weighted by molar-refractivity contribution is 7.09. The van der Waals surface area contributed by atoms with Gasteiger partial charge < -0.3 is 9.88 Å². The van der Waals surface area contributed by atoms with Gasteiger partial charge in [0, 0.05) is 35.1 Å². The lowest BCUT2D eigenvalue weighted by atomic mass is 9.96. The van der Waals surface area contributed by atoms with E-state index in [1.165, 1.54) is 32.6 Å². The molecule has 1 amide bonds. The number of aromatic nitrogens is 1. The van der Waals surface area contributed by atoms with Crippen molar-refractivity contribution in [3.8, 4) is 0 Å². The Morgan fingerprint density at radius 2 is 1.79 bits per heavy atom. The van der Waals surface area contributed by atoms with Crippen LogP contribution < -0.4 is 5.32 Å². The Kier molecular flexibility index (Phi) is 6.60. The molecular formula is C28H31N3OS. The van der Waals surface area contributed by atoms with Crippen LogP contribution in [0.5, 0.6) is 0 Å². The zero-order valence-electron chi connectivity index (χ0n) is 19.2. The van der Waals surface area contributed by atoms with Crippen molar-refractivity contribution in [2.75, 3.05) is 13.1 Å². The molecule has 5 rings (SSSR count). The van der Waals surface area contributed by atoms with E-state index < -0.39 is 0 Å². The standard InChI is InChI=1S/C28H31N3OS/c1-21-7-2-3-9-24(21)19-31-25(17-23-8-4-5-11-27(23)31)20-30-14-12-22(13-15-30)28(32)29-18-26-10-6-16-33-26/h2-11,16-17,22H,12-15,18-20H2,1H3,(H,29,32). The van der Waals surface area contributed by atoms with E-state index in [2.05, 4.69) is 87.8 Å². The number of hydrogen-bond donors (Lipinski definition) is 1. The fraction of sp³-hybridized carbons (Fsp3) is 0.321. The number of likely N-dealkylation sites (tertiary alicyclic amines) is 1. The van der Waals surface area contributed by atoms with E-state index in [-0.39, 0.29) is 11.8 Å². The van der Waals surface area contributed by atoms with Crippen molar-refractivity contribution >= 4 is 28.1 Å². The molecule has 2 aromatic carbocycles. The van der Waals surface area contributed by atoms with Gasteiger partial charge in [0.2, 0.25) is 5.91 Å². The molecule has 0 spiro atoms. The summed E-state index contributed by atoms with van der Waals surface area (Å²) in [6.07, 6.45) is 1.85. The maximum absolute atomic E-state index is 12.6. The van der Waals surface area contributed by atoms with E-state index in [0.717, 1.165) is 39.0 Å². The van der Waals surface area contributed by atoms with Crippen LogP contribution in [0.2, 0.25) is 0 Å². The Hall–Kier alpha value is -2.89. The molecule has 4 aromatic rings. The third-order valence-electron chi connectivity index (χ3n) is 6.85. The lowest BCUT2D eigenvalue weighted by molar-refractivity contribution is -0.126. The Balaban J connectivity index is 1.25. The van der Waals surface area contributed by atoms with Crippen LogP contribution in [0.3, 0.4) is 0 Å². The van der Waals surface area contributed by atoms with E-state index in [0.29, 0.717) is 6.54 Å². The average molecular weight is 458 g/mol. The zero-order chi connectivity index (χ0) is 22.6. The van der Waals surface area contributed by atoms with Crippen LogP contribution >= 0.6 is 11.3 Å². The molecule has 5 heteroatoms. The first-order valence-electron chi connectivity index (χ1n) is 11.8. The number of para-hydroxylation sites is 1. The third kappa shape index (κ3) is 5.05. The lowest BCUT2D eigenvalue weighted by Gasteiger charge is -2.31. The van der Waals surface area contributed by atoms with E-state index >= 15 is 0 Å². The number of carbonyl (C=O) groups is 1. The molecule has 0 saturated carbocycles. The van der Waals surface area contributed by atoms with Gasteiger partial charge in [-0.05, 0) is 72.9 Å². The number of aryl methyl sites for hydroxylation is 1. The van der Waals surface area contributed by atoms with Gasteiger partial charge in [0.15, 0.2) is 0 Å². The molecule has 0 radical (unpaired) electrons. The fourth-order valence-electron chi connectivity index (χ4n) is 4.86. The second kappa shape index (κ2) is 9.94. The Morgan fingerprint density at radius 1 is 1.00 bits per heavy atom. The molecule has 0 aliphatic carbocycles. The molecule has 0 bridgehead atoms. The minimum absolute atomic E-state index is 0.124. The number of rotatable bonds is 7. The van der Waals surface area contributed by atoms with Gasteiger partial charge in [0.1, 0.15) is 0 Å². The number of thiophene rings is 1. The summed E-state index contributed by atoms with van der Waals surface area (Å²) < 4.78 is 2.47. The van der Waals surface area contributed by atoms with Crippen LogP contribution in [-0.2, 0) is 24.4 Å². The van der Waals surface area contributed by atoms with Gasteiger partial charge in [-0.25, -0.2) is 0 Å². The van der Waals surface area contributed by atoms with Crippen molar-refractivity contribution in [3.63, 3.8) is 0 Å². The fourth-order valence-corrected chi connectivity index (χ4v) is 5.50. The molecule has 0 atom stereocenters. The number of carbonyl (C=O) groups excluding carboxylic acids is 1. The molecule has 1 N–H and O–H groups in total. The number of amides is 1. The quantitative estimate of drug-likeness (QED) is 0.393. The van der Waals surface area contributed by atoms with E-state index in [9.17, 15) is 4.79 Å². The number of fused-ring (bicyclic) bond motifs is 1. The first kappa shape index (κ1) is 21.9. The first-order chi connectivity index (χ1) is 16.2. The van der Waals surface area contributed by atoms with Crippen LogP contribution in [-0.4, -0.2) is 28.5 Å². The van der Waals surface area contributed by atoms with Crippen LogP contribution in [0.1, 0.15) is 34.5 Å². The maximum atomic E-state index is 12.6. The second-order valence-electron chi connectivity index (χ2n) is 9.05. The summed E-state index contributed by atoms with van der Waals surface area (Å²) >= 11 is 1.69. The molecule has 1 aliphatic rings. The Bertz CT molecular complexity index is 1220. The van der Waals surface area contributed by atoms with Crippen molar-refractivity contribution in [1.82, 2.24) is 14.8 Å². The van der Waals surface area contributed by atoms with Crippen molar-refractivity contribution in [1.29, 1.82) is 0 Å². The SMILES string of the molecule is Cc1ccccc1Cn1c(CN2CCC(C(=O)NCc3cccs3)CC2)cc2ccccc21. The predicted octanol–water partition coefficient (Wildman–Crippen LogP) is 5.59. The van der Waals surface area contributed by atoms with E-state index in [1.54, 1.807) is 11.3 Å². The van der Waals surface area contributed by atoms with Gasteiger partial charge in [-0.1, -0.05) is 48.5 Å². The molecule has 33 heavy (non-hydrogen) atoms.